The molecule has 1 radical (unpaired) electrons. The molecule has 13 nitrogen and oxygen atoms in total. The molecule has 521 valence electrons. The normalized spacial score (nSPS) is 15.0. The molecule has 24 heteroatoms. The molecular formula is C67H113F9N10O3UV. The van der Waals surface area contributed by atoms with Gasteiger partial charge >= 0.3 is 29.9 Å². The molecule has 4 atom stereocenters. The summed E-state index contributed by atoms with van der Waals surface area (Å²) in [6.45, 7) is 39.7. The van der Waals surface area contributed by atoms with Gasteiger partial charge in [0.15, 0.2) is 0 Å². The van der Waals surface area contributed by atoms with E-state index in [1.165, 1.54) is 99.2 Å². The van der Waals surface area contributed by atoms with Crippen LogP contribution in [-0.4, -0.2) is 147 Å². The molecule has 5 rings (SSSR count). The summed E-state index contributed by atoms with van der Waals surface area (Å²) in [6.07, 6.45) is -5.15. The molecule has 3 aromatic carbocycles. The molecule has 2 aliphatic rings. The number of halogens is 9. The molecule has 0 bridgehead atoms. The fraction of sp³-hybridized carbons (Fsp3) is 0.731. The van der Waals surface area contributed by atoms with E-state index in [2.05, 4.69) is 113 Å². The largest absolute Gasteiger partial charge is 0.442 e. The van der Waals surface area contributed by atoms with Crippen LogP contribution in [0.4, 0.5) is 39.5 Å². The van der Waals surface area contributed by atoms with Crippen molar-refractivity contribution in [2.45, 2.75) is 208 Å². The topological polar surface area (TPSA) is 156 Å². The third-order valence-corrected chi connectivity index (χ3v) is 14.5. The van der Waals surface area contributed by atoms with E-state index < -0.39 is 54.1 Å². The van der Waals surface area contributed by atoms with E-state index in [9.17, 15) is 54.8 Å². The van der Waals surface area contributed by atoms with Crippen LogP contribution in [0.15, 0.2) is 93.3 Å². The van der Waals surface area contributed by atoms with Crippen LogP contribution in [0.3, 0.4) is 0 Å². The van der Waals surface area contributed by atoms with Crippen molar-refractivity contribution in [3.8, 4) is 0 Å². The predicted octanol–water partition coefficient (Wildman–Crippen LogP) is 16.2. The van der Waals surface area contributed by atoms with Crippen LogP contribution in [0.2, 0.25) is 0 Å². The molecule has 91 heavy (non-hydrogen) atoms. The summed E-state index contributed by atoms with van der Waals surface area (Å²) in [7, 11) is 0. The molecule has 0 amide bonds. The van der Waals surface area contributed by atoms with E-state index in [-0.39, 0.29) is 78.7 Å². The summed E-state index contributed by atoms with van der Waals surface area (Å²) >= 11 is 0. The zero-order chi connectivity index (χ0) is 67.3. The van der Waals surface area contributed by atoms with Crippen LogP contribution in [0.1, 0.15) is 212 Å². The van der Waals surface area contributed by atoms with Crippen molar-refractivity contribution < 1.29 is 105 Å². The maximum atomic E-state index is 13.4. The van der Waals surface area contributed by atoms with Gasteiger partial charge in [0.2, 0.25) is 0 Å². The molecule has 2 heterocycles. The van der Waals surface area contributed by atoms with Crippen molar-refractivity contribution in [1.82, 2.24) is 30.7 Å². The summed E-state index contributed by atoms with van der Waals surface area (Å²) in [6, 6.07) is 17.6. The minimum Gasteiger partial charge on any atom is -0.387 e. The second-order valence-corrected chi connectivity index (χ2v) is 23.9. The van der Waals surface area contributed by atoms with Crippen LogP contribution in [0.5, 0.6) is 0 Å². The van der Waals surface area contributed by atoms with Gasteiger partial charge in [-0.05, 0) is 118 Å². The van der Waals surface area contributed by atoms with Crippen molar-refractivity contribution in [2.24, 2.45) is 32.3 Å². The van der Waals surface area contributed by atoms with E-state index in [1.54, 1.807) is 26.0 Å². The van der Waals surface area contributed by atoms with Crippen molar-refractivity contribution in [1.29, 1.82) is 0 Å². The Morgan fingerprint density at radius 3 is 0.879 bits per heavy atom. The fourth-order valence-electron chi connectivity index (χ4n) is 9.52. The summed E-state index contributed by atoms with van der Waals surface area (Å²) in [5, 5.41) is 53.3. The quantitative estimate of drug-likeness (QED) is 0.0243. The van der Waals surface area contributed by atoms with E-state index in [1.807, 2.05) is 13.8 Å². The number of nitrogens with one attached hydrogen (secondary N) is 3. The van der Waals surface area contributed by atoms with Gasteiger partial charge in [-0.1, -0.05) is 182 Å². The Kier molecular flexibility index (Phi) is 48.0. The first kappa shape index (κ1) is 90.6. The summed E-state index contributed by atoms with van der Waals surface area (Å²) in [5.74, 6) is -0.667. The monoisotopic (exact) mass is 1570 g/mol. The molecule has 0 saturated heterocycles. The summed E-state index contributed by atoms with van der Waals surface area (Å²) in [5.41, 5.74) is -2.81. The molecule has 6 N–H and O–H groups in total. The van der Waals surface area contributed by atoms with Crippen molar-refractivity contribution in [2.75, 3.05) is 98.2 Å². The zero-order valence-electron chi connectivity index (χ0n) is 56.9. The second kappa shape index (κ2) is 48.2. The van der Waals surface area contributed by atoms with Gasteiger partial charge in [-0.25, -0.2) is 0 Å². The van der Waals surface area contributed by atoms with Gasteiger partial charge in [0, 0.05) is 120 Å². The maximum Gasteiger partial charge on any atom is 0.442 e. The smallest absolute Gasteiger partial charge is 0.387 e. The van der Waals surface area contributed by atoms with Crippen LogP contribution in [-0.2, 0) is 29.9 Å². The van der Waals surface area contributed by atoms with Crippen molar-refractivity contribution >= 4 is 0 Å². The standard InChI is InChI=1S/C23H39F3N2O.2C19H29F3N4O.C4H10.C2H6.U.V/c1-5-7-14-28(13-6-2)15-12-27-17-22(29)20-10-8-19(9-11-20)21(16-18(3)4)23(24,25)26;2*1-3-5-12-26(11-4-2)13-10-23-14-17(27)15-6-8-16(9-7-15)18(24-25-18)19(20,21)22;1-4(2)3;1-2;;/h8-11,18,21-22,27,29H,5-7,12-17H2,1-4H3;2*6-9,17,23,27H,3-5,10-14H2,1-2H3;4H,1-3H3;1-2H3;;. The molecule has 4 unspecified atom stereocenters. The maximum absolute atomic E-state index is 13.4. The third kappa shape index (κ3) is 34.8. The Morgan fingerprint density at radius 1 is 0.418 bits per heavy atom. The van der Waals surface area contributed by atoms with Gasteiger partial charge in [0.05, 0.1) is 24.2 Å². The molecule has 0 saturated carbocycles. The Balaban J connectivity index is 0. The zero-order valence-corrected chi connectivity index (χ0v) is 62.5. The van der Waals surface area contributed by atoms with Gasteiger partial charge in [-0.15, -0.1) is 20.5 Å². The second-order valence-electron chi connectivity index (χ2n) is 23.9. The number of unbranched alkanes of at least 4 members (excludes halogenated alkanes) is 3. The Bertz CT molecular complexity index is 2200. The molecule has 0 spiro atoms. The van der Waals surface area contributed by atoms with Gasteiger partial charge in [-0.3, -0.25) is 0 Å². The minimum absolute atomic E-state index is 0. The Hall–Kier alpha value is -2.49. The molecule has 0 aliphatic carbocycles. The number of rotatable bonds is 38. The van der Waals surface area contributed by atoms with Gasteiger partial charge < -0.3 is 46.0 Å². The number of aliphatic hydroxyl groups is 3. The van der Waals surface area contributed by atoms with E-state index >= 15 is 0 Å². The predicted molar refractivity (Wildman–Crippen MR) is 343 cm³/mol. The van der Waals surface area contributed by atoms with Crippen LogP contribution >= 0.6 is 0 Å². The number of hydrogen-bond acceptors (Lipinski definition) is 13. The van der Waals surface area contributed by atoms with E-state index in [4.69, 9.17) is 0 Å². The number of aliphatic hydroxyl groups excluding tert-OH is 3. The molecule has 0 fully saturated rings. The van der Waals surface area contributed by atoms with E-state index in [0.717, 1.165) is 104 Å². The number of alkyl halides is 9. The number of hydrogen-bond donors (Lipinski definition) is 6. The van der Waals surface area contributed by atoms with Gasteiger partial charge in [0.1, 0.15) is 0 Å². The first-order valence-electron chi connectivity index (χ1n) is 32.8. The van der Waals surface area contributed by atoms with Crippen LogP contribution in [0, 0.1) is 42.9 Å². The van der Waals surface area contributed by atoms with Crippen molar-refractivity contribution in [3.63, 3.8) is 0 Å². The summed E-state index contributed by atoms with van der Waals surface area (Å²) < 4.78 is 118. The molecule has 0 aromatic heterocycles. The third-order valence-electron chi connectivity index (χ3n) is 14.5. The molecule has 2 aliphatic heterocycles. The minimum atomic E-state index is -4.53. The van der Waals surface area contributed by atoms with Gasteiger partial charge in [-0.2, -0.15) is 39.5 Å². The van der Waals surface area contributed by atoms with Crippen molar-refractivity contribution in [3.05, 3.63) is 106 Å². The average Bonchev–Trinajstić information content (AvgIpc) is 1.60. The Morgan fingerprint density at radius 2 is 0.670 bits per heavy atom. The molecular weight excluding hydrogens is 1450 g/mol. The summed E-state index contributed by atoms with van der Waals surface area (Å²) in [4.78, 5) is 7.22. The first-order chi connectivity index (χ1) is 42.1. The van der Waals surface area contributed by atoms with Crippen LogP contribution in [0.25, 0.3) is 0 Å². The Labute approximate surface area is 576 Å². The SMILES string of the molecule is CC.CC(C)C.CCCCN(CCC)CCNCC(O)c1ccc(C(CC(C)C)C(F)(F)F)cc1.CCCCN(CCC)CCNCC(O)c1ccc(C2(C(F)(F)F)N=N2)cc1.CCCCN(CCC)CCNCC(O)c1ccc(C2(C(F)(F)F)N=N2)cc1.[U].[V]. The molecule has 3 aromatic rings. The number of benzene rings is 3. The van der Waals surface area contributed by atoms with Gasteiger partial charge in [0.25, 0.3) is 0 Å². The first-order valence-corrected chi connectivity index (χ1v) is 32.8. The fourth-order valence-corrected chi connectivity index (χ4v) is 9.52. The number of nitrogens with zero attached hydrogens (tertiary/aromatic N) is 7. The van der Waals surface area contributed by atoms with E-state index in [0.29, 0.717) is 36.3 Å². The average molecular weight is 1570 g/mol. The van der Waals surface area contributed by atoms with Crippen LogP contribution < -0.4 is 16.0 Å².